The Morgan fingerprint density at radius 3 is 2.67 bits per heavy atom. The number of amides is 1. The molecule has 100 valence electrons. The average Bonchev–Trinajstić information content (AvgIpc) is 2.28. The van der Waals surface area contributed by atoms with E-state index >= 15 is 0 Å². The van der Waals surface area contributed by atoms with Gasteiger partial charge in [0.05, 0.1) is 0 Å². The van der Waals surface area contributed by atoms with Gasteiger partial charge < -0.3 is 10.4 Å². The summed E-state index contributed by atoms with van der Waals surface area (Å²) >= 11 is 1.62. The summed E-state index contributed by atoms with van der Waals surface area (Å²) in [5, 5.41) is 11.9. The van der Waals surface area contributed by atoms with Crippen molar-refractivity contribution in [3.05, 3.63) is 29.3 Å². The minimum Gasteiger partial charge on any atom is -0.396 e. The maximum absolute atomic E-state index is 12.2. The van der Waals surface area contributed by atoms with Crippen molar-refractivity contribution in [2.24, 2.45) is 0 Å². The molecule has 3 nitrogen and oxygen atoms in total. The molecular weight excluding hydrogens is 246 g/mol. The Bertz CT molecular complexity index is 430. The van der Waals surface area contributed by atoms with Gasteiger partial charge in [-0.15, -0.1) is 11.8 Å². The molecule has 0 saturated carbocycles. The van der Waals surface area contributed by atoms with E-state index in [0.717, 1.165) is 10.5 Å². The van der Waals surface area contributed by atoms with Gasteiger partial charge in [-0.05, 0) is 51.1 Å². The van der Waals surface area contributed by atoms with Crippen molar-refractivity contribution in [3.8, 4) is 0 Å². The zero-order valence-corrected chi connectivity index (χ0v) is 12.2. The van der Waals surface area contributed by atoms with Crippen LogP contribution in [0.2, 0.25) is 0 Å². The number of hydrogen-bond acceptors (Lipinski definition) is 3. The Morgan fingerprint density at radius 2 is 2.11 bits per heavy atom. The molecule has 0 saturated heterocycles. The largest absolute Gasteiger partial charge is 0.396 e. The highest BCUT2D eigenvalue weighted by atomic mass is 32.2. The predicted octanol–water partition coefficient (Wildman–Crippen LogP) is 2.61. The van der Waals surface area contributed by atoms with E-state index in [4.69, 9.17) is 5.11 Å². The highest BCUT2D eigenvalue weighted by molar-refractivity contribution is 7.98. The molecule has 0 unspecified atom stereocenters. The first-order chi connectivity index (χ1) is 8.39. The zero-order valence-electron chi connectivity index (χ0n) is 11.4. The molecule has 0 fully saturated rings. The highest BCUT2D eigenvalue weighted by Crippen LogP contribution is 2.20. The number of benzene rings is 1. The third kappa shape index (κ3) is 4.03. The van der Waals surface area contributed by atoms with E-state index in [-0.39, 0.29) is 12.5 Å². The summed E-state index contributed by atoms with van der Waals surface area (Å²) in [7, 11) is 0. The summed E-state index contributed by atoms with van der Waals surface area (Å²) in [6, 6.07) is 5.87. The number of rotatable bonds is 5. The van der Waals surface area contributed by atoms with Crippen molar-refractivity contribution in [2.45, 2.75) is 37.6 Å². The maximum Gasteiger partial charge on any atom is 0.251 e. The SMILES string of the molecule is CSc1ccc(C)c(C(=O)NC(C)(C)CCO)c1. The van der Waals surface area contributed by atoms with E-state index in [2.05, 4.69) is 5.32 Å². The first kappa shape index (κ1) is 15.1. The van der Waals surface area contributed by atoms with E-state index in [1.807, 2.05) is 45.2 Å². The van der Waals surface area contributed by atoms with Gasteiger partial charge >= 0.3 is 0 Å². The normalized spacial score (nSPS) is 11.4. The van der Waals surface area contributed by atoms with Crippen molar-refractivity contribution in [3.63, 3.8) is 0 Å². The molecule has 1 amide bonds. The molecule has 0 atom stereocenters. The summed E-state index contributed by atoms with van der Waals surface area (Å²) in [6.45, 7) is 5.82. The first-order valence-electron chi connectivity index (χ1n) is 5.97. The molecular formula is C14H21NO2S. The molecule has 1 rings (SSSR count). The number of aryl methyl sites for hydroxylation is 1. The van der Waals surface area contributed by atoms with Gasteiger partial charge in [0.1, 0.15) is 0 Å². The van der Waals surface area contributed by atoms with Crippen molar-refractivity contribution in [2.75, 3.05) is 12.9 Å². The average molecular weight is 267 g/mol. The van der Waals surface area contributed by atoms with E-state index in [9.17, 15) is 4.79 Å². The summed E-state index contributed by atoms with van der Waals surface area (Å²) in [5.74, 6) is -0.0816. The van der Waals surface area contributed by atoms with Crippen molar-refractivity contribution < 1.29 is 9.90 Å². The van der Waals surface area contributed by atoms with Gasteiger partial charge in [-0.1, -0.05) is 6.07 Å². The molecule has 18 heavy (non-hydrogen) atoms. The van der Waals surface area contributed by atoms with Crippen LogP contribution in [0.5, 0.6) is 0 Å². The van der Waals surface area contributed by atoms with Crippen LogP contribution in [0.25, 0.3) is 0 Å². The van der Waals surface area contributed by atoms with Crippen LogP contribution in [0.4, 0.5) is 0 Å². The topological polar surface area (TPSA) is 49.3 Å². The molecule has 0 aliphatic rings. The smallest absolute Gasteiger partial charge is 0.251 e. The van der Waals surface area contributed by atoms with Gasteiger partial charge in [0.2, 0.25) is 0 Å². The predicted molar refractivity (Wildman–Crippen MR) is 76.2 cm³/mol. The zero-order chi connectivity index (χ0) is 13.8. The molecule has 0 bridgehead atoms. The number of thioether (sulfide) groups is 1. The molecule has 0 spiro atoms. The monoisotopic (exact) mass is 267 g/mol. The summed E-state index contributed by atoms with van der Waals surface area (Å²) in [5.41, 5.74) is 1.27. The number of carbonyl (C=O) groups is 1. The Morgan fingerprint density at radius 1 is 1.44 bits per heavy atom. The van der Waals surface area contributed by atoms with Crippen LogP contribution in [0.1, 0.15) is 36.2 Å². The van der Waals surface area contributed by atoms with Gasteiger partial charge in [-0.2, -0.15) is 0 Å². The lowest BCUT2D eigenvalue weighted by Gasteiger charge is -2.25. The number of aliphatic hydroxyl groups excluding tert-OH is 1. The molecule has 2 N–H and O–H groups in total. The Balaban J connectivity index is 2.90. The van der Waals surface area contributed by atoms with Gasteiger partial charge in [0, 0.05) is 22.6 Å². The lowest BCUT2D eigenvalue weighted by atomic mass is 9.99. The molecule has 0 aromatic heterocycles. The lowest BCUT2D eigenvalue weighted by molar-refractivity contribution is 0.0898. The van der Waals surface area contributed by atoms with Gasteiger partial charge in [0.15, 0.2) is 0 Å². The van der Waals surface area contributed by atoms with Crippen LogP contribution in [-0.4, -0.2) is 29.4 Å². The number of aliphatic hydroxyl groups is 1. The molecule has 1 aromatic carbocycles. The summed E-state index contributed by atoms with van der Waals surface area (Å²) < 4.78 is 0. The number of hydrogen-bond donors (Lipinski definition) is 2. The number of carbonyl (C=O) groups excluding carboxylic acids is 1. The minimum atomic E-state index is -0.395. The lowest BCUT2D eigenvalue weighted by Crippen LogP contribution is -2.44. The maximum atomic E-state index is 12.2. The molecule has 0 radical (unpaired) electrons. The first-order valence-corrected chi connectivity index (χ1v) is 7.20. The molecule has 0 aliphatic heterocycles. The Labute approximate surface area is 113 Å². The summed E-state index contributed by atoms with van der Waals surface area (Å²) in [6.07, 6.45) is 2.53. The number of nitrogens with one attached hydrogen (secondary N) is 1. The van der Waals surface area contributed by atoms with Crippen LogP contribution >= 0.6 is 11.8 Å². The minimum absolute atomic E-state index is 0.0666. The van der Waals surface area contributed by atoms with Crippen LogP contribution in [0.3, 0.4) is 0 Å². The fraction of sp³-hybridized carbons (Fsp3) is 0.500. The van der Waals surface area contributed by atoms with Crippen LogP contribution in [0, 0.1) is 6.92 Å². The quantitative estimate of drug-likeness (QED) is 0.806. The van der Waals surface area contributed by atoms with Crippen LogP contribution in [0.15, 0.2) is 23.1 Å². The molecule has 4 heteroatoms. The van der Waals surface area contributed by atoms with Crippen molar-refractivity contribution in [1.82, 2.24) is 5.32 Å². The standard InChI is InChI=1S/C14H21NO2S/c1-10-5-6-11(18-4)9-12(10)13(17)15-14(2,3)7-8-16/h5-6,9,16H,7-8H2,1-4H3,(H,15,17). The van der Waals surface area contributed by atoms with Gasteiger partial charge in [-0.3, -0.25) is 4.79 Å². The van der Waals surface area contributed by atoms with E-state index in [0.29, 0.717) is 12.0 Å². The molecule has 1 aromatic rings. The van der Waals surface area contributed by atoms with E-state index < -0.39 is 5.54 Å². The summed E-state index contributed by atoms with van der Waals surface area (Å²) in [4.78, 5) is 13.3. The van der Waals surface area contributed by atoms with Crippen LogP contribution < -0.4 is 5.32 Å². The van der Waals surface area contributed by atoms with Crippen LogP contribution in [-0.2, 0) is 0 Å². The molecule has 0 aliphatic carbocycles. The highest BCUT2D eigenvalue weighted by Gasteiger charge is 2.21. The second-order valence-corrected chi connectivity index (χ2v) is 5.87. The van der Waals surface area contributed by atoms with E-state index in [1.54, 1.807) is 11.8 Å². The second-order valence-electron chi connectivity index (χ2n) is 4.99. The Hall–Kier alpha value is -1.00. The van der Waals surface area contributed by atoms with Gasteiger partial charge in [-0.25, -0.2) is 0 Å². The fourth-order valence-corrected chi connectivity index (χ4v) is 2.13. The van der Waals surface area contributed by atoms with Crippen molar-refractivity contribution >= 4 is 17.7 Å². The molecule has 0 heterocycles. The fourth-order valence-electron chi connectivity index (χ4n) is 1.69. The second kappa shape index (κ2) is 6.25. The van der Waals surface area contributed by atoms with Gasteiger partial charge in [0.25, 0.3) is 5.91 Å². The Kier molecular flexibility index (Phi) is 5.23. The van der Waals surface area contributed by atoms with E-state index in [1.165, 1.54) is 0 Å². The van der Waals surface area contributed by atoms with Crippen molar-refractivity contribution in [1.29, 1.82) is 0 Å². The third-order valence-electron chi connectivity index (χ3n) is 2.88. The third-order valence-corrected chi connectivity index (χ3v) is 3.60.